The smallest absolute Gasteiger partial charge is 0.329 e. The number of benzene rings is 2. The lowest BCUT2D eigenvalue weighted by atomic mass is 9.91. The molecule has 14 nitrogen and oxygen atoms in total. The summed E-state index contributed by atoms with van der Waals surface area (Å²) in [4.78, 5) is 47.5. The molecular formula is C30H37N7O7S. The Bertz CT molecular complexity index is 1670. The molecule has 0 unspecified atom stereocenters. The first kappa shape index (κ1) is 33.3. The molecule has 0 radical (unpaired) electrons. The number of rotatable bonds is 12. The van der Waals surface area contributed by atoms with E-state index < -0.39 is 45.0 Å². The van der Waals surface area contributed by atoms with Gasteiger partial charge < -0.3 is 15.4 Å². The average Bonchev–Trinajstić information content (AvgIpc) is 3.00. The van der Waals surface area contributed by atoms with Gasteiger partial charge in [0.05, 0.1) is 5.52 Å². The van der Waals surface area contributed by atoms with Gasteiger partial charge in [-0.25, -0.2) is 28.3 Å². The second-order valence-corrected chi connectivity index (χ2v) is 12.7. The van der Waals surface area contributed by atoms with Crippen LogP contribution >= 0.6 is 0 Å². The van der Waals surface area contributed by atoms with Crippen molar-refractivity contribution >= 4 is 38.8 Å². The predicted octanol–water partition coefficient (Wildman–Crippen LogP) is 2.44. The number of para-hydroxylation sites is 1. The number of piperidine rings is 1. The van der Waals surface area contributed by atoms with Gasteiger partial charge >= 0.3 is 5.97 Å². The number of guanidine groups is 1. The molecule has 2 heterocycles. The molecule has 15 heteroatoms. The fourth-order valence-corrected chi connectivity index (χ4v) is 6.62. The van der Waals surface area contributed by atoms with Crippen LogP contribution in [0, 0.1) is 23.0 Å². The van der Waals surface area contributed by atoms with Gasteiger partial charge in [0.2, 0.25) is 15.9 Å². The number of aryl methyl sites for hydroxylation is 1. The normalized spacial score (nSPS) is 17.9. The zero-order valence-corrected chi connectivity index (χ0v) is 25.9. The molecule has 1 fully saturated rings. The van der Waals surface area contributed by atoms with Crippen LogP contribution in [0.5, 0.6) is 0 Å². The number of ether oxygens (including phenoxy) is 1. The Morgan fingerprint density at radius 2 is 1.98 bits per heavy atom. The number of nitrogens with two attached hydrogens (primary N) is 1. The summed E-state index contributed by atoms with van der Waals surface area (Å²) >= 11 is 0. The fourth-order valence-electron chi connectivity index (χ4n) is 5.22. The number of esters is 1. The Morgan fingerprint density at radius 1 is 1.22 bits per heavy atom. The van der Waals surface area contributed by atoms with Crippen LogP contribution < -0.4 is 15.9 Å². The Labute approximate surface area is 261 Å². The molecule has 45 heavy (non-hydrogen) atoms. The van der Waals surface area contributed by atoms with E-state index >= 15 is 0 Å². The number of pyridine rings is 1. The van der Waals surface area contributed by atoms with E-state index in [-0.39, 0.29) is 48.9 Å². The van der Waals surface area contributed by atoms with Crippen LogP contribution in [0.1, 0.15) is 43.7 Å². The highest BCUT2D eigenvalue weighted by Gasteiger charge is 2.39. The lowest BCUT2D eigenvalue weighted by Crippen LogP contribution is -2.56. The minimum atomic E-state index is -4.29. The summed E-state index contributed by atoms with van der Waals surface area (Å²) in [5.41, 5.74) is 9.13. The van der Waals surface area contributed by atoms with Crippen LogP contribution in [0.2, 0.25) is 0 Å². The van der Waals surface area contributed by atoms with Gasteiger partial charge in [-0.2, -0.15) is 4.72 Å². The van der Waals surface area contributed by atoms with Crippen molar-refractivity contribution < 1.29 is 27.8 Å². The number of sulfonamides is 1. The van der Waals surface area contributed by atoms with E-state index in [1.807, 2.05) is 50.2 Å². The summed E-state index contributed by atoms with van der Waals surface area (Å²) in [6, 6.07) is 13.5. The standard InChI is InChI=1S/C30H37N7O7S/c1-20-13-15-36(25(17-20)29(39)44-19-22-8-4-3-5-9-22)28(38)24(11-7-14-32-30(31)34-37(40)41)35-45(42,43)26-12-6-10-23-16-21(2)18-33-27(23)26/h3-6,8-10,12,16,18,20,24-25,35H,7,11,13-15,17,19H2,1-2H3,(H3,31,32,34)/t20-,24+,25-/m1/s1. The van der Waals surface area contributed by atoms with E-state index in [2.05, 4.69) is 14.7 Å². The van der Waals surface area contributed by atoms with Crippen molar-refractivity contribution in [2.45, 2.75) is 63.1 Å². The first-order valence-corrected chi connectivity index (χ1v) is 16.0. The second kappa shape index (κ2) is 14.9. The van der Waals surface area contributed by atoms with Crippen molar-refractivity contribution in [2.24, 2.45) is 16.6 Å². The minimum Gasteiger partial charge on any atom is -0.459 e. The summed E-state index contributed by atoms with van der Waals surface area (Å²) in [6.07, 6.45) is 2.67. The number of fused-ring (bicyclic) bond motifs is 1. The quantitative estimate of drug-likeness (QED) is 0.0660. The van der Waals surface area contributed by atoms with Gasteiger partial charge in [-0.1, -0.05) is 54.8 Å². The van der Waals surface area contributed by atoms with E-state index in [9.17, 15) is 28.1 Å². The highest BCUT2D eigenvalue weighted by molar-refractivity contribution is 7.89. The van der Waals surface area contributed by atoms with Gasteiger partial charge in [0.1, 0.15) is 23.6 Å². The van der Waals surface area contributed by atoms with Crippen LogP contribution in [0.4, 0.5) is 0 Å². The second-order valence-electron chi connectivity index (χ2n) is 11.1. The Hall–Kier alpha value is -4.63. The molecule has 1 amide bonds. The van der Waals surface area contributed by atoms with E-state index in [4.69, 9.17) is 10.5 Å². The van der Waals surface area contributed by atoms with Gasteiger partial charge in [0.15, 0.2) is 5.03 Å². The molecule has 240 valence electrons. The first-order valence-electron chi connectivity index (χ1n) is 14.5. The molecule has 0 saturated carbocycles. The number of hydrogen-bond donors (Lipinski definition) is 3. The molecule has 1 saturated heterocycles. The Balaban J connectivity index is 1.59. The average molecular weight is 640 g/mol. The molecule has 3 atom stereocenters. The molecule has 1 aliphatic rings. The number of amides is 1. The van der Waals surface area contributed by atoms with Crippen LogP contribution in [0.15, 0.2) is 70.7 Å². The molecule has 1 aromatic heterocycles. The van der Waals surface area contributed by atoms with Gasteiger partial charge in [-0.3, -0.25) is 9.78 Å². The molecule has 0 bridgehead atoms. The lowest BCUT2D eigenvalue weighted by molar-refractivity contribution is -0.525. The highest BCUT2D eigenvalue weighted by Crippen LogP contribution is 2.27. The van der Waals surface area contributed by atoms with E-state index in [0.717, 1.165) is 11.1 Å². The number of carbonyl (C=O) groups excluding carboxylic acids is 2. The van der Waals surface area contributed by atoms with Gasteiger partial charge in [0, 0.05) is 24.7 Å². The maximum Gasteiger partial charge on any atom is 0.329 e. The van der Waals surface area contributed by atoms with Crippen LogP contribution in [-0.2, 0) is 31.0 Å². The Kier molecular flexibility index (Phi) is 11.0. The molecule has 4 rings (SSSR count). The summed E-state index contributed by atoms with van der Waals surface area (Å²) < 4.78 is 35.7. The molecule has 4 N–H and O–H groups in total. The van der Waals surface area contributed by atoms with E-state index in [1.54, 1.807) is 23.8 Å². The van der Waals surface area contributed by atoms with Gasteiger partial charge in [0.25, 0.3) is 5.96 Å². The third-order valence-electron chi connectivity index (χ3n) is 7.48. The number of carbonyl (C=O) groups is 2. The van der Waals surface area contributed by atoms with Crippen molar-refractivity contribution in [3.63, 3.8) is 0 Å². The molecule has 1 aliphatic heterocycles. The van der Waals surface area contributed by atoms with Crippen molar-refractivity contribution in [1.29, 1.82) is 0 Å². The van der Waals surface area contributed by atoms with E-state index in [0.29, 0.717) is 18.2 Å². The summed E-state index contributed by atoms with van der Waals surface area (Å²) in [5, 5.41) is 10.4. The fraction of sp³-hybridized carbons (Fsp3) is 0.400. The number of likely N-dealkylation sites (tertiary alicyclic amines) is 1. The first-order chi connectivity index (χ1) is 21.4. The maximum absolute atomic E-state index is 14.1. The Morgan fingerprint density at radius 3 is 2.71 bits per heavy atom. The van der Waals surface area contributed by atoms with Crippen LogP contribution in [-0.4, -0.2) is 66.3 Å². The monoisotopic (exact) mass is 639 g/mol. The number of hydrazine groups is 1. The lowest BCUT2D eigenvalue weighted by Gasteiger charge is -2.38. The molecular weight excluding hydrogens is 602 g/mol. The van der Waals surface area contributed by atoms with Crippen molar-refractivity contribution in [1.82, 2.24) is 20.0 Å². The topological polar surface area (TPSA) is 199 Å². The molecule has 0 spiro atoms. The van der Waals surface area contributed by atoms with Crippen molar-refractivity contribution in [3.05, 3.63) is 82.0 Å². The van der Waals surface area contributed by atoms with Crippen LogP contribution in [0.25, 0.3) is 10.9 Å². The molecule has 2 aromatic carbocycles. The molecule has 3 aromatic rings. The van der Waals surface area contributed by atoms with Crippen molar-refractivity contribution in [2.75, 3.05) is 13.1 Å². The highest BCUT2D eigenvalue weighted by atomic mass is 32.2. The summed E-state index contributed by atoms with van der Waals surface area (Å²) in [5.74, 6) is -1.45. The third kappa shape index (κ3) is 8.95. The van der Waals surface area contributed by atoms with Gasteiger partial charge in [-0.05, 0) is 61.8 Å². The SMILES string of the molecule is Cc1cnc2c(S(=O)(=O)N[C@@H](CCCN=C(N)N[N+](=O)[O-])C(=O)N3CC[C@@H](C)C[C@@H]3C(=O)OCc3ccccc3)cccc2c1. The molecule has 0 aliphatic carbocycles. The number of nitrogens with one attached hydrogen (secondary N) is 2. The largest absolute Gasteiger partial charge is 0.459 e. The maximum atomic E-state index is 14.1. The number of hydrogen-bond acceptors (Lipinski definition) is 9. The van der Waals surface area contributed by atoms with Crippen LogP contribution in [0.3, 0.4) is 0 Å². The zero-order valence-electron chi connectivity index (χ0n) is 25.1. The summed E-state index contributed by atoms with van der Waals surface area (Å²) in [7, 11) is -4.29. The number of nitro groups is 1. The van der Waals surface area contributed by atoms with E-state index in [1.165, 1.54) is 11.0 Å². The number of aromatic nitrogens is 1. The number of aliphatic imine (C=N–C) groups is 1. The van der Waals surface area contributed by atoms with Gasteiger partial charge in [-0.15, -0.1) is 0 Å². The third-order valence-corrected chi connectivity index (χ3v) is 8.98. The summed E-state index contributed by atoms with van der Waals surface area (Å²) in [6.45, 7) is 4.07. The number of nitrogens with zero attached hydrogens (tertiary/aromatic N) is 4. The van der Waals surface area contributed by atoms with Crippen molar-refractivity contribution in [3.8, 4) is 0 Å². The predicted molar refractivity (Wildman–Crippen MR) is 167 cm³/mol. The minimum absolute atomic E-state index is 0.0210. The zero-order chi connectivity index (χ0) is 32.6.